The Morgan fingerprint density at radius 2 is 1.95 bits per heavy atom. The van der Waals surface area contributed by atoms with Crippen molar-refractivity contribution in [2.75, 3.05) is 5.73 Å². The van der Waals surface area contributed by atoms with Gasteiger partial charge in [0.2, 0.25) is 0 Å². The molecule has 0 spiro atoms. The van der Waals surface area contributed by atoms with Gasteiger partial charge in [-0.25, -0.2) is 0 Å². The highest BCUT2D eigenvalue weighted by Gasteiger charge is 2.40. The quantitative estimate of drug-likeness (QED) is 0.675. The maximum Gasteiger partial charge on any atom is 0.264 e. The Kier molecular flexibility index (Phi) is 2.64. The molecule has 1 atom stereocenters. The molecule has 96 valence electrons. The molecule has 2 N–H and O–H groups in total. The lowest BCUT2D eigenvalue weighted by Gasteiger charge is -2.21. The van der Waals surface area contributed by atoms with Gasteiger partial charge in [-0.3, -0.25) is 14.5 Å². The van der Waals surface area contributed by atoms with Crippen LogP contribution in [0.3, 0.4) is 0 Å². The van der Waals surface area contributed by atoms with E-state index in [0.717, 1.165) is 4.88 Å². The molecule has 2 amide bonds. The smallest absolute Gasteiger partial charge is 0.264 e. The largest absolute Gasteiger partial charge is 0.398 e. The summed E-state index contributed by atoms with van der Waals surface area (Å²) in [5.41, 5.74) is 6.89. The average Bonchev–Trinajstić information content (AvgIpc) is 2.98. The molecule has 0 saturated heterocycles. The maximum atomic E-state index is 12.4. The molecule has 2 aromatic rings. The predicted octanol–water partition coefficient (Wildman–Crippen LogP) is 2.69. The minimum Gasteiger partial charge on any atom is -0.398 e. The fourth-order valence-electron chi connectivity index (χ4n) is 2.34. The van der Waals surface area contributed by atoms with E-state index >= 15 is 0 Å². The first-order valence-corrected chi connectivity index (χ1v) is 6.79. The van der Waals surface area contributed by atoms with E-state index in [0.29, 0.717) is 16.8 Å². The van der Waals surface area contributed by atoms with Crippen molar-refractivity contribution in [3.63, 3.8) is 0 Å². The summed E-state index contributed by atoms with van der Waals surface area (Å²) in [7, 11) is 0. The van der Waals surface area contributed by atoms with Gasteiger partial charge in [-0.15, -0.1) is 11.3 Å². The van der Waals surface area contributed by atoms with Gasteiger partial charge in [0.05, 0.1) is 17.2 Å². The molecule has 1 aromatic carbocycles. The highest BCUT2D eigenvalue weighted by molar-refractivity contribution is 7.10. The van der Waals surface area contributed by atoms with Crippen molar-refractivity contribution in [1.82, 2.24) is 4.90 Å². The lowest BCUT2D eigenvalue weighted by Crippen LogP contribution is -2.32. The normalized spacial score (nSPS) is 15.7. The lowest BCUT2D eigenvalue weighted by molar-refractivity contribution is 0.0598. The minimum absolute atomic E-state index is 0.270. The molecule has 0 fully saturated rings. The van der Waals surface area contributed by atoms with Gasteiger partial charge in [0, 0.05) is 10.6 Å². The second-order valence-electron chi connectivity index (χ2n) is 4.44. The number of benzene rings is 1. The molecule has 1 aromatic heterocycles. The van der Waals surface area contributed by atoms with Crippen molar-refractivity contribution < 1.29 is 9.59 Å². The third-order valence-electron chi connectivity index (χ3n) is 3.32. The topological polar surface area (TPSA) is 63.4 Å². The molecule has 0 saturated carbocycles. The van der Waals surface area contributed by atoms with Gasteiger partial charge in [-0.05, 0) is 30.5 Å². The molecular formula is C14H12N2O2S. The van der Waals surface area contributed by atoms with E-state index in [9.17, 15) is 9.59 Å². The van der Waals surface area contributed by atoms with Gasteiger partial charge >= 0.3 is 0 Å². The Bertz CT molecular complexity index is 664. The predicted molar refractivity (Wildman–Crippen MR) is 74.1 cm³/mol. The first-order chi connectivity index (χ1) is 9.11. The number of carbonyl (C=O) groups excluding carboxylic acids is 2. The number of imide groups is 1. The van der Waals surface area contributed by atoms with E-state index in [1.165, 1.54) is 16.2 Å². The molecule has 0 radical (unpaired) electrons. The van der Waals surface area contributed by atoms with E-state index in [-0.39, 0.29) is 17.9 Å². The monoisotopic (exact) mass is 272 g/mol. The second-order valence-corrected chi connectivity index (χ2v) is 5.42. The standard InChI is InChI=1S/C14H12N2O2S/c1-8(11-6-3-7-19-11)16-13(17)9-4-2-5-10(15)12(9)14(16)18/h2-8H,15H2,1H3. The van der Waals surface area contributed by atoms with Crippen LogP contribution in [0.5, 0.6) is 0 Å². The van der Waals surface area contributed by atoms with Crippen molar-refractivity contribution in [2.45, 2.75) is 13.0 Å². The van der Waals surface area contributed by atoms with Crippen LogP contribution in [0.15, 0.2) is 35.7 Å². The number of amides is 2. The Balaban J connectivity index is 2.06. The molecule has 1 unspecified atom stereocenters. The summed E-state index contributed by atoms with van der Waals surface area (Å²) < 4.78 is 0. The van der Waals surface area contributed by atoms with Crippen molar-refractivity contribution in [3.05, 3.63) is 51.7 Å². The van der Waals surface area contributed by atoms with Crippen molar-refractivity contribution >= 4 is 28.8 Å². The Morgan fingerprint density at radius 3 is 2.58 bits per heavy atom. The maximum absolute atomic E-state index is 12.4. The lowest BCUT2D eigenvalue weighted by atomic mass is 10.1. The van der Waals surface area contributed by atoms with Crippen LogP contribution in [0.2, 0.25) is 0 Å². The number of hydrogen-bond acceptors (Lipinski definition) is 4. The van der Waals surface area contributed by atoms with Gasteiger partial charge < -0.3 is 5.73 Å². The molecule has 0 bridgehead atoms. The zero-order valence-electron chi connectivity index (χ0n) is 10.3. The van der Waals surface area contributed by atoms with E-state index in [2.05, 4.69) is 0 Å². The third-order valence-corrected chi connectivity index (χ3v) is 4.36. The van der Waals surface area contributed by atoms with Gasteiger partial charge in [-0.2, -0.15) is 0 Å². The van der Waals surface area contributed by atoms with Crippen molar-refractivity contribution in [1.29, 1.82) is 0 Å². The third kappa shape index (κ3) is 1.66. The summed E-state index contributed by atoms with van der Waals surface area (Å²) in [6.45, 7) is 1.85. The number of nitrogen functional groups attached to an aromatic ring is 1. The molecule has 1 aliphatic rings. The highest BCUT2D eigenvalue weighted by atomic mass is 32.1. The molecule has 19 heavy (non-hydrogen) atoms. The molecule has 5 heteroatoms. The average molecular weight is 272 g/mol. The van der Waals surface area contributed by atoms with Gasteiger partial charge in [-0.1, -0.05) is 12.1 Å². The number of thiophene rings is 1. The summed E-state index contributed by atoms with van der Waals surface area (Å²) in [6, 6.07) is 8.53. The zero-order valence-corrected chi connectivity index (χ0v) is 11.1. The molecule has 1 aliphatic heterocycles. The van der Waals surface area contributed by atoms with Crippen LogP contribution in [-0.2, 0) is 0 Å². The summed E-state index contributed by atoms with van der Waals surface area (Å²) in [4.78, 5) is 27.0. The fraction of sp³-hybridized carbons (Fsp3) is 0.143. The zero-order chi connectivity index (χ0) is 13.6. The van der Waals surface area contributed by atoms with Gasteiger partial charge in [0.15, 0.2) is 0 Å². The Hall–Kier alpha value is -2.14. The second kappa shape index (κ2) is 4.20. The summed E-state index contributed by atoms with van der Waals surface area (Å²) >= 11 is 1.53. The SMILES string of the molecule is CC(c1cccs1)N1C(=O)c2cccc(N)c2C1=O. The van der Waals surface area contributed by atoms with Crippen LogP contribution in [0.25, 0.3) is 0 Å². The van der Waals surface area contributed by atoms with E-state index in [1.54, 1.807) is 18.2 Å². The molecular weight excluding hydrogens is 260 g/mol. The molecule has 4 nitrogen and oxygen atoms in total. The minimum atomic E-state index is -0.306. The van der Waals surface area contributed by atoms with Gasteiger partial charge in [0.1, 0.15) is 0 Å². The Morgan fingerprint density at radius 1 is 1.16 bits per heavy atom. The number of fused-ring (bicyclic) bond motifs is 1. The first kappa shape index (κ1) is 11.9. The van der Waals surface area contributed by atoms with Crippen LogP contribution in [-0.4, -0.2) is 16.7 Å². The Labute approximate surface area is 114 Å². The number of nitrogens with two attached hydrogens (primary N) is 1. The number of rotatable bonds is 2. The number of hydrogen-bond donors (Lipinski definition) is 1. The van der Waals surface area contributed by atoms with Crippen molar-refractivity contribution in [2.24, 2.45) is 0 Å². The summed E-state index contributed by atoms with van der Waals surface area (Å²) in [5, 5.41) is 1.93. The van der Waals surface area contributed by atoms with Crippen molar-refractivity contribution in [3.8, 4) is 0 Å². The number of nitrogens with zero attached hydrogens (tertiary/aromatic N) is 1. The van der Waals surface area contributed by atoms with Crippen LogP contribution >= 0.6 is 11.3 Å². The molecule has 2 heterocycles. The summed E-state index contributed by atoms with van der Waals surface area (Å²) in [5.74, 6) is -0.577. The van der Waals surface area contributed by atoms with E-state index < -0.39 is 0 Å². The molecule has 0 aliphatic carbocycles. The number of anilines is 1. The fourth-order valence-corrected chi connectivity index (χ4v) is 3.11. The van der Waals surface area contributed by atoms with E-state index in [1.807, 2.05) is 24.4 Å². The number of carbonyl (C=O) groups is 2. The van der Waals surface area contributed by atoms with E-state index in [4.69, 9.17) is 5.73 Å². The van der Waals surface area contributed by atoms with Crippen LogP contribution in [0, 0.1) is 0 Å². The van der Waals surface area contributed by atoms with Crippen LogP contribution < -0.4 is 5.73 Å². The van der Waals surface area contributed by atoms with Crippen LogP contribution in [0.4, 0.5) is 5.69 Å². The van der Waals surface area contributed by atoms with Gasteiger partial charge in [0.25, 0.3) is 11.8 Å². The van der Waals surface area contributed by atoms with Crippen LogP contribution in [0.1, 0.15) is 38.6 Å². The summed E-state index contributed by atoms with van der Waals surface area (Å²) in [6.07, 6.45) is 0. The molecule has 3 rings (SSSR count). The first-order valence-electron chi connectivity index (χ1n) is 5.91. The highest BCUT2D eigenvalue weighted by Crippen LogP contribution is 2.34.